The summed E-state index contributed by atoms with van der Waals surface area (Å²) in [6.45, 7) is 5.46. The Hall–Kier alpha value is -2.26. The van der Waals surface area contributed by atoms with Gasteiger partial charge >= 0.3 is 6.09 Å². The molecule has 0 saturated carbocycles. The normalized spacial score (nSPS) is 13.2. The molecule has 25 heavy (non-hydrogen) atoms. The van der Waals surface area contributed by atoms with Gasteiger partial charge < -0.3 is 15.4 Å². The SMILES string of the molecule is CNC(=O)OC(C)(C)C.NNC(=O)c1ccc2c(c1)NC(=O)CCS2. The molecule has 2 rings (SSSR count). The minimum absolute atomic E-state index is 0.0310. The molecule has 0 atom stereocenters. The summed E-state index contributed by atoms with van der Waals surface area (Å²) in [5, 5.41) is 5.12. The molecule has 0 radical (unpaired) electrons. The highest BCUT2D eigenvalue weighted by Gasteiger charge is 2.15. The Morgan fingerprint density at radius 3 is 2.52 bits per heavy atom. The van der Waals surface area contributed by atoms with Gasteiger partial charge in [0.15, 0.2) is 0 Å². The number of nitrogens with one attached hydrogen (secondary N) is 3. The Balaban J connectivity index is 0.000000299. The monoisotopic (exact) mass is 368 g/mol. The summed E-state index contributed by atoms with van der Waals surface area (Å²) in [6, 6.07) is 5.13. The van der Waals surface area contributed by atoms with Crippen LogP contribution in [0, 0.1) is 0 Å². The molecule has 8 nitrogen and oxygen atoms in total. The highest BCUT2D eigenvalue weighted by molar-refractivity contribution is 7.99. The average Bonchev–Trinajstić information content (AvgIpc) is 2.72. The van der Waals surface area contributed by atoms with Crippen LogP contribution in [0.3, 0.4) is 0 Å². The number of rotatable bonds is 1. The van der Waals surface area contributed by atoms with Crippen LogP contribution in [-0.4, -0.2) is 36.3 Å². The van der Waals surface area contributed by atoms with E-state index in [2.05, 4.69) is 16.1 Å². The number of alkyl carbamates (subject to hydrolysis) is 1. The lowest BCUT2D eigenvalue weighted by atomic mass is 10.2. The number of nitrogens with two attached hydrogens (primary N) is 1. The first-order chi connectivity index (χ1) is 11.7. The van der Waals surface area contributed by atoms with Crippen molar-refractivity contribution in [3.8, 4) is 0 Å². The van der Waals surface area contributed by atoms with Crippen molar-refractivity contribution >= 4 is 35.4 Å². The number of thioether (sulfide) groups is 1. The number of hydrogen-bond acceptors (Lipinski definition) is 6. The average molecular weight is 368 g/mol. The van der Waals surface area contributed by atoms with Crippen LogP contribution in [0.4, 0.5) is 10.5 Å². The van der Waals surface area contributed by atoms with E-state index in [0.29, 0.717) is 17.7 Å². The Morgan fingerprint density at radius 2 is 2.00 bits per heavy atom. The fourth-order valence-corrected chi connectivity index (χ4v) is 2.71. The van der Waals surface area contributed by atoms with Crippen molar-refractivity contribution in [3.63, 3.8) is 0 Å². The molecule has 1 aromatic carbocycles. The molecule has 0 saturated heterocycles. The Bertz CT molecular complexity index is 644. The predicted octanol–water partition coefficient (Wildman–Crippen LogP) is 1.87. The molecular weight excluding hydrogens is 344 g/mol. The number of carbonyl (C=O) groups is 3. The second-order valence-electron chi connectivity index (χ2n) is 6.08. The molecule has 5 N–H and O–H groups in total. The topological polar surface area (TPSA) is 123 Å². The molecule has 1 heterocycles. The van der Waals surface area contributed by atoms with Gasteiger partial charge in [-0.15, -0.1) is 11.8 Å². The van der Waals surface area contributed by atoms with Gasteiger partial charge in [-0.2, -0.15) is 0 Å². The van der Waals surface area contributed by atoms with E-state index in [1.807, 2.05) is 26.8 Å². The third kappa shape index (κ3) is 7.44. The standard InChI is InChI=1S/C10H11N3O2S.C6H13NO2/c11-13-10(15)6-1-2-8-7(5-6)12-9(14)3-4-16-8;1-6(2,3)9-5(8)7-4/h1-2,5H,3-4,11H2,(H,12,14)(H,13,15);1-4H3,(H,7,8). The van der Waals surface area contributed by atoms with Crippen molar-refractivity contribution < 1.29 is 19.1 Å². The van der Waals surface area contributed by atoms with Crippen LogP contribution in [0.1, 0.15) is 37.6 Å². The molecule has 0 aliphatic carbocycles. The van der Waals surface area contributed by atoms with Crippen molar-refractivity contribution in [2.45, 2.75) is 37.7 Å². The van der Waals surface area contributed by atoms with Crippen molar-refractivity contribution in [3.05, 3.63) is 23.8 Å². The van der Waals surface area contributed by atoms with Gasteiger partial charge in [0.2, 0.25) is 5.91 Å². The van der Waals surface area contributed by atoms with E-state index >= 15 is 0 Å². The number of amides is 3. The fraction of sp³-hybridized carbons (Fsp3) is 0.438. The molecule has 0 unspecified atom stereocenters. The number of nitrogen functional groups attached to an aromatic ring is 1. The number of fused-ring (bicyclic) bond motifs is 1. The minimum Gasteiger partial charge on any atom is -0.444 e. The molecule has 9 heteroatoms. The van der Waals surface area contributed by atoms with Gasteiger partial charge in [0.05, 0.1) is 5.69 Å². The molecule has 3 amide bonds. The van der Waals surface area contributed by atoms with E-state index in [0.717, 1.165) is 10.6 Å². The highest BCUT2D eigenvalue weighted by atomic mass is 32.2. The van der Waals surface area contributed by atoms with Crippen LogP contribution < -0.4 is 21.9 Å². The first-order valence-electron chi connectivity index (χ1n) is 7.64. The maximum absolute atomic E-state index is 11.3. The number of hydrogen-bond donors (Lipinski definition) is 4. The lowest BCUT2D eigenvalue weighted by Gasteiger charge is -2.18. The number of anilines is 1. The van der Waals surface area contributed by atoms with Gasteiger partial charge in [-0.3, -0.25) is 15.0 Å². The number of hydrazine groups is 1. The van der Waals surface area contributed by atoms with Gasteiger partial charge in [-0.1, -0.05) is 0 Å². The first-order valence-corrected chi connectivity index (χ1v) is 8.63. The minimum atomic E-state index is -0.389. The zero-order chi connectivity index (χ0) is 19.0. The van der Waals surface area contributed by atoms with E-state index in [1.165, 1.54) is 7.05 Å². The molecule has 1 aliphatic heterocycles. The second-order valence-corrected chi connectivity index (χ2v) is 7.22. The summed E-state index contributed by atoms with van der Waals surface area (Å²) in [5.74, 6) is 5.40. The van der Waals surface area contributed by atoms with Crippen LogP contribution in [-0.2, 0) is 9.53 Å². The Kier molecular flexibility index (Phi) is 7.72. The molecule has 0 fully saturated rings. The molecule has 138 valence electrons. The van der Waals surface area contributed by atoms with Crippen molar-refractivity contribution in [1.82, 2.24) is 10.7 Å². The third-order valence-electron chi connectivity index (χ3n) is 2.84. The van der Waals surface area contributed by atoms with E-state index < -0.39 is 0 Å². The molecule has 0 aromatic heterocycles. The van der Waals surface area contributed by atoms with Crippen LogP contribution in [0.15, 0.2) is 23.1 Å². The fourth-order valence-electron chi connectivity index (χ4n) is 1.77. The van der Waals surface area contributed by atoms with Gasteiger partial charge in [0.1, 0.15) is 5.60 Å². The summed E-state index contributed by atoms with van der Waals surface area (Å²) in [6.07, 6.45) is 0.0973. The largest absolute Gasteiger partial charge is 0.444 e. The number of ether oxygens (including phenoxy) is 1. The first kappa shape index (κ1) is 20.8. The van der Waals surface area contributed by atoms with Crippen molar-refractivity contribution in [1.29, 1.82) is 0 Å². The van der Waals surface area contributed by atoms with Crippen molar-refractivity contribution in [2.24, 2.45) is 5.84 Å². The van der Waals surface area contributed by atoms with Gasteiger partial charge in [0, 0.05) is 29.7 Å². The zero-order valence-electron chi connectivity index (χ0n) is 14.8. The molecule has 0 bridgehead atoms. The van der Waals surface area contributed by atoms with Crippen molar-refractivity contribution in [2.75, 3.05) is 18.1 Å². The summed E-state index contributed by atoms with van der Waals surface area (Å²) in [5.41, 5.74) is 2.78. The maximum Gasteiger partial charge on any atom is 0.407 e. The molecule has 0 spiro atoms. The Morgan fingerprint density at radius 1 is 1.32 bits per heavy atom. The van der Waals surface area contributed by atoms with Gasteiger partial charge in [-0.25, -0.2) is 10.6 Å². The second kappa shape index (κ2) is 9.28. The van der Waals surface area contributed by atoms with Gasteiger partial charge in [-0.05, 0) is 39.0 Å². The zero-order valence-corrected chi connectivity index (χ0v) is 15.6. The molecule has 1 aromatic rings. The Labute approximate surface area is 151 Å². The van der Waals surface area contributed by atoms with E-state index in [4.69, 9.17) is 10.6 Å². The third-order valence-corrected chi connectivity index (χ3v) is 3.91. The van der Waals surface area contributed by atoms with E-state index in [-0.39, 0.29) is 23.5 Å². The lowest BCUT2D eigenvalue weighted by molar-refractivity contribution is -0.115. The maximum atomic E-state index is 11.3. The number of benzene rings is 1. The van der Waals surface area contributed by atoms with Crippen LogP contribution in [0.25, 0.3) is 0 Å². The van der Waals surface area contributed by atoms with Crippen LogP contribution in [0.2, 0.25) is 0 Å². The summed E-state index contributed by atoms with van der Waals surface area (Å²) < 4.78 is 4.84. The lowest BCUT2D eigenvalue weighted by Crippen LogP contribution is -2.30. The summed E-state index contributed by atoms with van der Waals surface area (Å²) in [7, 11) is 1.54. The summed E-state index contributed by atoms with van der Waals surface area (Å²) >= 11 is 1.60. The molecule has 1 aliphatic rings. The number of carbonyl (C=O) groups excluding carboxylic acids is 3. The quantitative estimate of drug-likeness (QED) is 0.341. The highest BCUT2D eigenvalue weighted by Crippen LogP contribution is 2.31. The van der Waals surface area contributed by atoms with Gasteiger partial charge in [0.25, 0.3) is 5.91 Å². The van der Waals surface area contributed by atoms with E-state index in [9.17, 15) is 14.4 Å². The van der Waals surface area contributed by atoms with E-state index in [1.54, 1.807) is 23.9 Å². The molecular formula is C16H24N4O4S. The van der Waals surface area contributed by atoms with Crippen LogP contribution >= 0.6 is 11.8 Å². The smallest absolute Gasteiger partial charge is 0.407 e. The summed E-state index contributed by atoms with van der Waals surface area (Å²) in [4.78, 5) is 34.1. The van der Waals surface area contributed by atoms with Crippen LogP contribution in [0.5, 0.6) is 0 Å². The predicted molar refractivity (Wildman–Crippen MR) is 97.4 cm³/mol.